The first-order chi connectivity index (χ1) is 13.7. The zero-order chi connectivity index (χ0) is 19.3. The maximum atomic E-state index is 12.6. The van der Waals surface area contributed by atoms with Gasteiger partial charge in [0.1, 0.15) is 0 Å². The monoisotopic (exact) mass is 404 g/mol. The van der Waals surface area contributed by atoms with E-state index < -0.39 is 10.8 Å². The second kappa shape index (κ2) is 8.38. The Balaban J connectivity index is 1.71. The first-order valence-electron chi connectivity index (χ1n) is 8.75. The van der Waals surface area contributed by atoms with Gasteiger partial charge in [-0.25, -0.2) is 8.89 Å². The minimum absolute atomic E-state index is 0.625. The molecule has 0 fully saturated rings. The molecule has 3 aromatic carbocycles. The molecule has 0 spiro atoms. The van der Waals surface area contributed by atoms with Crippen LogP contribution in [0.2, 0.25) is 5.02 Å². The second-order valence-electron chi connectivity index (χ2n) is 6.13. The number of benzene rings is 3. The van der Waals surface area contributed by atoms with Gasteiger partial charge in [-0.3, -0.25) is 0 Å². The van der Waals surface area contributed by atoms with Crippen LogP contribution in [0.15, 0.2) is 101 Å². The predicted molar refractivity (Wildman–Crippen MR) is 116 cm³/mol. The van der Waals surface area contributed by atoms with E-state index in [-0.39, 0.29) is 0 Å². The predicted octanol–water partition coefficient (Wildman–Crippen LogP) is 5.97. The molecule has 0 N–H and O–H groups in total. The lowest BCUT2D eigenvalue weighted by molar-refractivity contribution is 0.688. The van der Waals surface area contributed by atoms with Crippen molar-refractivity contribution >= 4 is 28.5 Å². The van der Waals surface area contributed by atoms with E-state index in [1.165, 1.54) is 0 Å². The summed E-state index contributed by atoms with van der Waals surface area (Å²) in [6, 6.07) is 26.9. The fourth-order valence-corrected chi connectivity index (χ4v) is 3.78. The number of rotatable bonds is 5. The molecule has 3 nitrogen and oxygen atoms in total. The Labute approximate surface area is 171 Å². The van der Waals surface area contributed by atoms with E-state index in [0.717, 1.165) is 22.5 Å². The summed E-state index contributed by atoms with van der Waals surface area (Å²) >= 11 is 5.91. The van der Waals surface area contributed by atoms with Gasteiger partial charge in [0.25, 0.3) is 0 Å². The van der Waals surface area contributed by atoms with Crippen LogP contribution in [0.1, 0.15) is 5.56 Å². The van der Waals surface area contributed by atoms with Gasteiger partial charge in [0.15, 0.2) is 0 Å². The van der Waals surface area contributed by atoms with Crippen molar-refractivity contribution in [2.45, 2.75) is 4.90 Å². The van der Waals surface area contributed by atoms with Crippen molar-refractivity contribution in [3.05, 3.63) is 107 Å². The summed E-state index contributed by atoms with van der Waals surface area (Å²) in [5.41, 5.74) is 3.72. The molecule has 1 atom stereocenters. The highest BCUT2D eigenvalue weighted by Crippen LogP contribution is 2.25. The number of aromatic nitrogens is 2. The molecule has 0 aliphatic heterocycles. The normalized spacial score (nSPS) is 12.3. The van der Waals surface area contributed by atoms with Crippen LogP contribution in [0.4, 0.5) is 0 Å². The molecule has 1 heterocycles. The average molecular weight is 405 g/mol. The van der Waals surface area contributed by atoms with Crippen LogP contribution in [-0.2, 0) is 10.8 Å². The highest BCUT2D eigenvalue weighted by molar-refractivity contribution is 7.88. The Morgan fingerprint density at radius 2 is 1.50 bits per heavy atom. The highest BCUT2D eigenvalue weighted by Gasteiger charge is 2.10. The molecule has 0 bridgehead atoms. The summed E-state index contributed by atoms with van der Waals surface area (Å²) in [5.74, 6) is 0. The SMILES string of the molecule is O=S(/C=C/c1cn(-c2ccccc2)nc1-c1ccccc1)c1ccc(Cl)cc1. The minimum Gasteiger partial charge on any atom is -0.250 e. The molecule has 5 heteroatoms. The molecule has 4 rings (SSSR count). The Morgan fingerprint density at radius 3 is 2.18 bits per heavy atom. The van der Waals surface area contributed by atoms with Gasteiger partial charge in [0.05, 0.1) is 22.2 Å². The van der Waals surface area contributed by atoms with Gasteiger partial charge >= 0.3 is 0 Å². The van der Waals surface area contributed by atoms with E-state index in [4.69, 9.17) is 16.7 Å². The maximum Gasteiger partial charge on any atom is 0.1000 e. The third-order valence-corrected chi connectivity index (χ3v) is 5.60. The molecule has 1 unspecified atom stereocenters. The minimum atomic E-state index is -1.27. The zero-order valence-electron chi connectivity index (χ0n) is 14.9. The molecule has 28 heavy (non-hydrogen) atoms. The first-order valence-corrected chi connectivity index (χ1v) is 10.3. The lowest BCUT2D eigenvalue weighted by atomic mass is 10.1. The molecule has 0 aliphatic rings. The van der Waals surface area contributed by atoms with Crippen LogP contribution in [0.25, 0.3) is 23.0 Å². The van der Waals surface area contributed by atoms with Crippen LogP contribution < -0.4 is 0 Å². The first kappa shape index (κ1) is 18.4. The van der Waals surface area contributed by atoms with Gasteiger partial charge in [0, 0.05) is 32.6 Å². The summed E-state index contributed by atoms with van der Waals surface area (Å²) in [4.78, 5) is 0.706. The van der Waals surface area contributed by atoms with Crippen LogP contribution >= 0.6 is 11.6 Å². The van der Waals surface area contributed by atoms with Crippen molar-refractivity contribution in [3.63, 3.8) is 0 Å². The Morgan fingerprint density at radius 1 is 0.857 bits per heavy atom. The topological polar surface area (TPSA) is 34.9 Å². The van der Waals surface area contributed by atoms with Crippen molar-refractivity contribution in [1.29, 1.82) is 0 Å². The van der Waals surface area contributed by atoms with E-state index in [0.29, 0.717) is 9.92 Å². The van der Waals surface area contributed by atoms with E-state index in [1.54, 1.807) is 29.7 Å². The fraction of sp³-hybridized carbons (Fsp3) is 0. The molecule has 0 aliphatic carbocycles. The Hall–Kier alpha value is -2.95. The Kier molecular flexibility index (Phi) is 5.51. The van der Waals surface area contributed by atoms with Crippen LogP contribution in [0, 0.1) is 0 Å². The molecule has 0 radical (unpaired) electrons. The van der Waals surface area contributed by atoms with Crippen molar-refractivity contribution in [2.24, 2.45) is 0 Å². The molecule has 4 aromatic rings. The standard InChI is InChI=1S/C23H17ClN2OS/c24-20-11-13-22(14-12-20)28(27)16-15-19-17-26(21-9-5-2-6-10-21)25-23(19)18-7-3-1-4-8-18/h1-17H/b16-15+. The number of hydrogen-bond donors (Lipinski definition) is 0. The number of halogens is 1. The second-order valence-corrected chi connectivity index (χ2v) is 7.91. The van der Waals surface area contributed by atoms with E-state index in [9.17, 15) is 4.21 Å². The highest BCUT2D eigenvalue weighted by atomic mass is 35.5. The molecule has 0 saturated carbocycles. The number of para-hydroxylation sites is 1. The molecular formula is C23H17ClN2OS. The summed E-state index contributed by atoms with van der Waals surface area (Å²) < 4.78 is 14.4. The van der Waals surface area contributed by atoms with Gasteiger partial charge in [-0.05, 0) is 42.5 Å². The van der Waals surface area contributed by atoms with Gasteiger partial charge in [-0.2, -0.15) is 5.10 Å². The van der Waals surface area contributed by atoms with E-state index >= 15 is 0 Å². The number of hydrogen-bond acceptors (Lipinski definition) is 2. The third-order valence-electron chi connectivity index (χ3n) is 4.23. The molecular weight excluding hydrogens is 388 g/mol. The van der Waals surface area contributed by atoms with Crippen LogP contribution in [0.5, 0.6) is 0 Å². The smallest absolute Gasteiger partial charge is 0.1000 e. The summed E-state index contributed by atoms with van der Waals surface area (Å²) in [5, 5.41) is 7.07. The molecule has 1 aromatic heterocycles. The van der Waals surface area contributed by atoms with E-state index in [2.05, 4.69) is 0 Å². The largest absolute Gasteiger partial charge is 0.250 e. The summed E-state index contributed by atoms with van der Waals surface area (Å²) in [6.07, 6.45) is 3.81. The molecule has 0 saturated heterocycles. The summed E-state index contributed by atoms with van der Waals surface area (Å²) in [6.45, 7) is 0. The molecule has 0 amide bonds. The van der Waals surface area contributed by atoms with Crippen molar-refractivity contribution in [2.75, 3.05) is 0 Å². The maximum absolute atomic E-state index is 12.6. The third kappa shape index (κ3) is 4.14. The van der Waals surface area contributed by atoms with E-state index in [1.807, 2.05) is 77.6 Å². The van der Waals surface area contributed by atoms with Gasteiger partial charge in [-0.15, -0.1) is 0 Å². The lowest BCUT2D eigenvalue weighted by Gasteiger charge is -2.00. The fourth-order valence-electron chi connectivity index (χ4n) is 2.83. The van der Waals surface area contributed by atoms with Crippen LogP contribution in [0.3, 0.4) is 0 Å². The van der Waals surface area contributed by atoms with Gasteiger partial charge in [0.2, 0.25) is 0 Å². The lowest BCUT2D eigenvalue weighted by Crippen LogP contribution is -1.93. The summed E-state index contributed by atoms with van der Waals surface area (Å²) in [7, 11) is -1.27. The Bertz CT molecular complexity index is 1120. The zero-order valence-corrected chi connectivity index (χ0v) is 16.5. The van der Waals surface area contributed by atoms with Gasteiger partial charge < -0.3 is 0 Å². The van der Waals surface area contributed by atoms with Crippen molar-refractivity contribution < 1.29 is 4.21 Å². The van der Waals surface area contributed by atoms with Crippen molar-refractivity contribution in [3.8, 4) is 16.9 Å². The average Bonchev–Trinajstić information content (AvgIpc) is 3.18. The quantitative estimate of drug-likeness (QED) is 0.410. The number of nitrogens with zero attached hydrogens (tertiary/aromatic N) is 2. The van der Waals surface area contributed by atoms with Crippen LogP contribution in [-0.4, -0.2) is 14.0 Å². The van der Waals surface area contributed by atoms with Gasteiger partial charge in [-0.1, -0.05) is 60.1 Å². The van der Waals surface area contributed by atoms with Crippen molar-refractivity contribution in [1.82, 2.24) is 9.78 Å². The molecule has 138 valence electrons.